The van der Waals surface area contributed by atoms with E-state index in [-0.39, 0.29) is 6.10 Å². The van der Waals surface area contributed by atoms with Crippen LogP contribution in [0, 0.1) is 0 Å². The number of benzene rings is 1. The minimum absolute atomic E-state index is 0.230. The quantitative estimate of drug-likeness (QED) is 0.725. The summed E-state index contributed by atoms with van der Waals surface area (Å²) in [4.78, 5) is 6.57. The van der Waals surface area contributed by atoms with Crippen LogP contribution in [0.3, 0.4) is 0 Å². The molecule has 1 saturated heterocycles. The van der Waals surface area contributed by atoms with Gasteiger partial charge in [0.05, 0.1) is 17.3 Å². The molecule has 3 N–H and O–H groups in total. The molecule has 0 aliphatic carbocycles. The second-order valence-electron chi connectivity index (χ2n) is 4.46. The maximum Gasteiger partial charge on any atom is 0.0955 e. The van der Waals surface area contributed by atoms with Crippen LogP contribution in [0.1, 0.15) is 6.42 Å². The van der Waals surface area contributed by atoms with Crippen LogP contribution in [0.2, 0.25) is 0 Å². The van der Waals surface area contributed by atoms with E-state index >= 15 is 0 Å². The number of nitrogens with two attached hydrogens (primary N) is 1. The van der Waals surface area contributed by atoms with Crippen molar-refractivity contribution in [3.63, 3.8) is 0 Å². The van der Waals surface area contributed by atoms with Crippen LogP contribution in [0.15, 0.2) is 30.5 Å². The van der Waals surface area contributed by atoms with Gasteiger partial charge in [-0.05, 0) is 30.7 Å². The summed E-state index contributed by atoms with van der Waals surface area (Å²) in [6, 6.07) is 7.77. The van der Waals surface area contributed by atoms with Gasteiger partial charge in [0, 0.05) is 30.4 Å². The zero-order chi connectivity index (χ0) is 11.8. The molecule has 1 fully saturated rings. The summed E-state index contributed by atoms with van der Waals surface area (Å²) in [5, 5.41) is 10.6. The van der Waals surface area contributed by atoms with Crippen molar-refractivity contribution in [1.29, 1.82) is 0 Å². The maximum absolute atomic E-state index is 9.60. The Balaban J connectivity index is 2.14. The van der Waals surface area contributed by atoms with E-state index in [0.29, 0.717) is 6.54 Å². The van der Waals surface area contributed by atoms with Crippen LogP contribution in [0.5, 0.6) is 0 Å². The van der Waals surface area contributed by atoms with Crippen molar-refractivity contribution in [2.75, 3.05) is 23.7 Å². The number of nitrogen functional groups attached to an aromatic ring is 1. The van der Waals surface area contributed by atoms with Crippen LogP contribution in [-0.4, -0.2) is 29.3 Å². The predicted octanol–water partition coefficient (Wildman–Crippen LogP) is 1.39. The highest BCUT2D eigenvalue weighted by Gasteiger charge is 2.22. The van der Waals surface area contributed by atoms with Gasteiger partial charge < -0.3 is 15.7 Å². The van der Waals surface area contributed by atoms with Gasteiger partial charge in [0.15, 0.2) is 0 Å². The SMILES string of the molecule is Nc1ccc(N2CCC(O)C2)c2ncccc12. The fourth-order valence-corrected chi connectivity index (χ4v) is 2.40. The molecular formula is C13H15N3O. The molecule has 4 nitrogen and oxygen atoms in total. The summed E-state index contributed by atoms with van der Waals surface area (Å²) in [5.74, 6) is 0. The van der Waals surface area contributed by atoms with Crippen molar-refractivity contribution in [1.82, 2.24) is 4.98 Å². The van der Waals surface area contributed by atoms with E-state index in [4.69, 9.17) is 5.73 Å². The maximum atomic E-state index is 9.60. The summed E-state index contributed by atoms with van der Waals surface area (Å²) < 4.78 is 0. The number of aliphatic hydroxyl groups excluding tert-OH is 1. The molecule has 3 rings (SSSR count). The first kappa shape index (κ1) is 10.4. The third kappa shape index (κ3) is 1.70. The van der Waals surface area contributed by atoms with Crippen molar-refractivity contribution in [2.45, 2.75) is 12.5 Å². The number of hydrogen-bond acceptors (Lipinski definition) is 4. The van der Waals surface area contributed by atoms with Gasteiger partial charge in [-0.15, -0.1) is 0 Å². The third-order valence-corrected chi connectivity index (χ3v) is 3.29. The van der Waals surface area contributed by atoms with Gasteiger partial charge in [0.1, 0.15) is 0 Å². The van der Waals surface area contributed by atoms with Crippen molar-refractivity contribution in [3.8, 4) is 0 Å². The van der Waals surface area contributed by atoms with Gasteiger partial charge in [-0.25, -0.2) is 0 Å². The third-order valence-electron chi connectivity index (χ3n) is 3.29. The first-order valence-electron chi connectivity index (χ1n) is 5.82. The molecule has 1 atom stereocenters. The molecule has 0 saturated carbocycles. The zero-order valence-corrected chi connectivity index (χ0v) is 9.50. The molecule has 1 unspecified atom stereocenters. The summed E-state index contributed by atoms with van der Waals surface area (Å²) in [7, 11) is 0. The highest BCUT2D eigenvalue weighted by molar-refractivity contribution is 5.98. The van der Waals surface area contributed by atoms with Gasteiger partial charge in [-0.3, -0.25) is 4.98 Å². The average Bonchev–Trinajstić information content (AvgIpc) is 2.77. The molecule has 1 aliphatic rings. The Morgan fingerprint density at radius 1 is 1.35 bits per heavy atom. The highest BCUT2D eigenvalue weighted by Crippen LogP contribution is 2.31. The second kappa shape index (κ2) is 3.89. The lowest BCUT2D eigenvalue weighted by Gasteiger charge is -2.19. The van der Waals surface area contributed by atoms with E-state index in [1.54, 1.807) is 6.20 Å². The number of nitrogens with zero attached hydrogens (tertiary/aromatic N) is 2. The smallest absolute Gasteiger partial charge is 0.0955 e. The van der Waals surface area contributed by atoms with E-state index in [0.717, 1.165) is 35.2 Å². The minimum atomic E-state index is -0.230. The molecule has 0 amide bonds. The summed E-state index contributed by atoms with van der Waals surface area (Å²) >= 11 is 0. The fraction of sp³-hybridized carbons (Fsp3) is 0.308. The number of aromatic nitrogens is 1. The Bertz CT molecular complexity index is 555. The lowest BCUT2D eigenvalue weighted by molar-refractivity contribution is 0.198. The molecule has 0 radical (unpaired) electrons. The molecule has 0 spiro atoms. The Morgan fingerprint density at radius 2 is 2.24 bits per heavy atom. The van der Waals surface area contributed by atoms with Gasteiger partial charge in [-0.2, -0.15) is 0 Å². The number of anilines is 2. The number of β-amino-alcohol motifs (C(OH)–C–C–N with tert-alkyl or cyclic N) is 1. The van der Waals surface area contributed by atoms with Crippen LogP contribution in [-0.2, 0) is 0 Å². The normalized spacial score (nSPS) is 20.1. The topological polar surface area (TPSA) is 62.4 Å². The summed E-state index contributed by atoms with van der Waals surface area (Å²) in [5.41, 5.74) is 8.67. The Hall–Kier alpha value is -1.81. The Kier molecular flexibility index (Phi) is 2.37. The lowest BCUT2D eigenvalue weighted by Crippen LogP contribution is -2.21. The van der Waals surface area contributed by atoms with E-state index < -0.39 is 0 Å². The van der Waals surface area contributed by atoms with E-state index in [1.165, 1.54) is 0 Å². The fourth-order valence-electron chi connectivity index (χ4n) is 2.40. The number of pyridine rings is 1. The molecule has 2 aromatic rings. The lowest BCUT2D eigenvalue weighted by atomic mass is 10.1. The Labute approximate surface area is 99.7 Å². The van der Waals surface area contributed by atoms with E-state index in [1.807, 2.05) is 24.3 Å². The largest absolute Gasteiger partial charge is 0.398 e. The number of hydrogen-bond donors (Lipinski definition) is 2. The molecule has 1 aromatic heterocycles. The molecule has 0 bridgehead atoms. The standard InChI is InChI=1S/C13H15N3O/c14-11-3-4-12(16-7-5-9(17)8-16)13-10(11)2-1-6-15-13/h1-4,6,9,17H,5,7-8,14H2. The number of fused-ring (bicyclic) bond motifs is 1. The first-order chi connectivity index (χ1) is 8.25. The molecular weight excluding hydrogens is 214 g/mol. The molecule has 1 aromatic carbocycles. The Morgan fingerprint density at radius 3 is 3.00 bits per heavy atom. The van der Waals surface area contributed by atoms with Crippen LogP contribution >= 0.6 is 0 Å². The van der Waals surface area contributed by atoms with Crippen molar-refractivity contribution < 1.29 is 5.11 Å². The highest BCUT2D eigenvalue weighted by atomic mass is 16.3. The molecule has 4 heteroatoms. The minimum Gasteiger partial charge on any atom is -0.398 e. The van der Waals surface area contributed by atoms with Crippen LogP contribution < -0.4 is 10.6 Å². The van der Waals surface area contributed by atoms with Crippen molar-refractivity contribution >= 4 is 22.3 Å². The average molecular weight is 229 g/mol. The monoisotopic (exact) mass is 229 g/mol. The van der Waals surface area contributed by atoms with Gasteiger partial charge in [0.25, 0.3) is 0 Å². The molecule has 17 heavy (non-hydrogen) atoms. The zero-order valence-electron chi connectivity index (χ0n) is 9.50. The van der Waals surface area contributed by atoms with Gasteiger partial charge >= 0.3 is 0 Å². The van der Waals surface area contributed by atoms with Gasteiger partial charge in [0.2, 0.25) is 0 Å². The second-order valence-corrected chi connectivity index (χ2v) is 4.46. The summed E-state index contributed by atoms with van der Waals surface area (Å²) in [6.45, 7) is 1.55. The number of rotatable bonds is 1. The molecule has 1 aliphatic heterocycles. The summed E-state index contributed by atoms with van der Waals surface area (Å²) in [6.07, 6.45) is 2.36. The van der Waals surface area contributed by atoms with Gasteiger partial charge in [-0.1, -0.05) is 0 Å². The molecule has 2 heterocycles. The predicted molar refractivity (Wildman–Crippen MR) is 69.0 cm³/mol. The van der Waals surface area contributed by atoms with E-state index in [2.05, 4.69) is 9.88 Å². The molecule has 88 valence electrons. The van der Waals surface area contributed by atoms with Crippen LogP contribution in [0.4, 0.5) is 11.4 Å². The van der Waals surface area contributed by atoms with Crippen LogP contribution in [0.25, 0.3) is 10.9 Å². The first-order valence-corrected chi connectivity index (χ1v) is 5.82. The van der Waals surface area contributed by atoms with Crippen molar-refractivity contribution in [3.05, 3.63) is 30.5 Å². The van der Waals surface area contributed by atoms with E-state index in [9.17, 15) is 5.11 Å². The number of aliphatic hydroxyl groups is 1. The van der Waals surface area contributed by atoms with Crippen molar-refractivity contribution in [2.24, 2.45) is 0 Å².